The van der Waals surface area contributed by atoms with Crippen LogP contribution in [0, 0.1) is 5.92 Å². The fourth-order valence-electron chi connectivity index (χ4n) is 3.51. The topological polar surface area (TPSA) is 36.1 Å². The largest absolute Gasteiger partial charge is 0.361 e. The second-order valence-corrected chi connectivity index (χ2v) is 6.12. The number of nitrogens with zero attached hydrogens (tertiary/aromatic N) is 1. The summed E-state index contributed by atoms with van der Waals surface area (Å²) in [5.41, 5.74) is 1.88. The number of hydrogen-bond donors (Lipinski definition) is 1. The number of nitrogens with one attached hydrogen (secondary N) is 1. The monoisotopic (exact) mass is 284 g/mol. The number of benzene rings is 1. The van der Waals surface area contributed by atoms with E-state index in [0.29, 0.717) is 0 Å². The molecule has 2 aromatic rings. The maximum absolute atomic E-state index is 12.8. The summed E-state index contributed by atoms with van der Waals surface area (Å²) in [6, 6.07) is 7.93. The van der Waals surface area contributed by atoms with Gasteiger partial charge >= 0.3 is 0 Å². The molecule has 21 heavy (non-hydrogen) atoms. The van der Waals surface area contributed by atoms with Gasteiger partial charge in [0.25, 0.3) is 5.91 Å². The van der Waals surface area contributed by atoms with E-state index in [-0.39, 0.29) is 5.91 Å². The van der Waals surface area contributed by atoms with Crippen LogP contribution in [0.15, 0.2) is 30.5 Å². The predicted octanol–water partition coefficient (Wildman–Crippen LogP) is 4.21. The molecule has 0 spiro atoms. The van der Waals surface area contributed by atoms with E-state index < -0.39 is 0 Å². The first-order valence-corrected chi connectivity index (χ1v) is 8.15. The van der Waals surface area contributed by atoms with Gasteiger partial charge in [0.05, 0.1) is 0 Å². The fraction of sp³-hybridized carbons (Fsp3) is 0.500. The van der Waals surface area contributed by atoms with Crippen molar-refractivity contribution in [3.05, 3.63) is 36.0 Å². The smallest absolute Gasteiger partial charge is 0.254 e. The Hall–Kier alpha value is -1.77. The molecule has 3 heteroatoms. The zero-order valence-electron chi connectivity index (χ0n) is 12.8. The zero-order chi connectivity index (χ0) is 14.7. The van der Waals surface area contributed by atoms with Crippen molar-refractivity contribution in [1.82, 2.24) is 9.88 Å². The van der Waals surface area contributed by atoms with Gasteiger partial charge in [0.2, 0.25) is 0 Å². The van der Waals surface area contributed by atoms with Crippen molar-refractivity contribution in [2.45, 2.75) is 39.0 Å². The number of likely N-dealkylation sites (tertiary alicyclic amines) is 1. The highest BCUT2D eigenvalue weighted by atomic mass is 16.2. The molecule has 1 aromatic carbocycles. The van der Waals surface area contributed by atoms with Crippen LogP contribution in [0.4, 0.5) is 0 Å². The number of aromatic nitrogens is 1. The lowest BCUT2D eigenvalue weighted by Crippen LogP contribution is -2.32. The second kappa shape index (κ2) is 6.33. The lowest BCUT2D eigenvalue weighted by Gasteiger charge is -2.21. The van der Waals surface area contributed by atoms with Crippen molar-refractivity contribution in [2.75, 3.05) is 13.1 Å². The van der Waals surface area contributed by atoms with Crippen LogP contribution in [0.2, 0.25) is 0 Å². The van der Waals surface area contributed by atoms with Gasteiger partial charge in [-0.25, -0.2) is 0 Å². The van der Waals surface area contributed by atoms with Gasteiger partial charge in [0, 0.05) is 35.8 Å². The summed E-state index contributed by atoms with van der Waals surface area (Å²) in [4.78, 5) is 18.1. The summed E-state index contributed by atoms with van der Waals surface area (Å²) < 4.78 is 0. The average Bonchev–Trinajstić information content (AvgIpc) is 2.86. The number of carbonyl (C=O) groups is 1. The lowest BCUT2D eigenvalue weighted by atomic mass is 9.96. The summed E-state index contributed by atoms with van der Waals surface area (Å²) in [5, 5.41) is 1.04. The maximum Gasteiger partial charge on any atom is 0.254 e. The van der Waals surface area contributed by atoms with Gasteiger partial charge in [0.15, 0.2) is 0 Å². The third-order valence-electron chi connectivity index (χ3n) is 4.66. The first-order chi connectivity index (χ1) is 10.3. The summed E-state index contributed by atoms with van der Waals surface area (Å²) in [5.74, 6) is 0.994. The third-order valence-corrected chi connectivity index (χ3v) is 4.66. The quantitative estimate of drug-likeness (QED) is 0.900. The van der Waals surface area contributed by atoms with E-state index in [0.717, 1.165) is 48.3 Å². The Morgan fingerprint density at radius 2 is 2.19 bits per heavy atom. The van der Waals surface area contributed by atoms with Crippen molar-refractivity contribution >= 4 is 16.8 Å². The van der Waals surface area contributed by atoms with Crippen LogP contribution in [0.3, 0.4) is 0 Å². The standard InChI is InChI=1S/C18H24N2O/c1-2-5-14-6-4-12-20(13-10-14)18(21)16-7-3-8-17-15(16)9-11-19-17/h3,7-9,11,14,19H,2,4-6,10,12-13H2,1H3. The first-order valence-electron chi connectivity index (χ1n) is 8.15. The molecule has 1 atom stereocenters. The van der Waals surface area contributed by atoms with E-state index in [1.165, 1.54) is 19.3 Å². The van der Waals surface area contributed by atoms with Gasteiger partial charge in [-0.15, -0.1) is 0 Å². The summed E-state index contributed by atoms with van der Waals surface area (Å²) in [6.07, 6.45) is 8.02. The van der Waals surface area contributed by atoms with Crippen LogP contribution < -0.4 is 0 Å². The van der Waals surface area contributed by atoms with Crippen LogP contribution in [0.5, 0.6) is 0 Å². The van der Waals surface area contributed by atoms with Gasteiger partial charge in [-0.05, 0) is 43.4 Å². The van der Waals surface area contributed by atoms with E-state index in [9.17, 15) is 4.79 Å². The molecule has 3 nitrogen and oxygen atoms in total. The van der Waals surface area contributed by atoms with E-state index >= 15 is 0 Å². The molecule has 1 aromatic heterocycles. The highest BCUT2D eigenvalue weighted by Gasteiger charge is 2.22. The molecular formula is C18H24N2O. The molecule has 0 aliphatic carbocycles. The van der Waals surface area contributed by atoms with Crippen LogP contribution in [0.25, 0.3) is 10.9 Å². The van der Waals surface area contributed by atoms with Crippen molar-refractivity contribution in [2.24, 2.45) is 5.92 Å². The number of amides is 1. The number of aromatic amines is 1. The minimum atomic E-state index is 0.192. The normalized spacial score (nSPS) is 19.7. The van der Waals surface area contributed by atoms with Gasteiger partial charge in [-0.2, -0.15) is 0 Å². The van der Waals surface area contributed by atoms with Crippen molar-refractivity contribution < 1.29 is 4.79 Å². The Bertz CT molecular complexity index is 616. The highest BCUT2D eigenvalue weighted by Crippen LogP contribution is 2.24. The van der Waals surface area contributed by atoms with Crippen molar-refractivity contribution in [3.63, 3.8) is 0 Å². The van der Waals surface area contributed by atoms with Gasteiger partial charge in [-0.3, -0.25) is 4.79 Å². The van der Waals surface area contributed by atoms with Gasteiger partial charge in [-0.1, -0.05) is 25.8 Å². The summed E-state index contributed by atoms with van der Waals surface area (Å²) in [7, 11) is 0. The molecule has 0 radical (unpaired) electrons. The minimum absolute atomic E-state index is 0.192. The first kappa shape index (κ1) is 14.2. The van der Waals surface area contributed by atoms with E-state index in [2.05, 4.69) is 16.8 Å². The number of carbonyl (C=O) groups excluding carboxylic acids is 1. The van der Waals surface area contributed by atoms with Crippen molar-refractivity contribution in [3.8, 4) is 0 Å². The Balaban J connectivity index is 1.77. The molecule has 0 bridgehead atoms. The Kier molecular flexibility index (Phi) is 4.28. The van der Waals surface area contributed by atoms with Crippen LogP contribution in [0.1, 0.15) is 49.4 Å². The van der Waals surface area contributed by atoms with Crippen LogP contribution >= 0.6 is 0 Å². The van der Waals surface area contributed by atoms with E-state index in [4.69, 9.17) is 0 Å². The molecular weight excluding hydrogens is 260 g/mol. The SMILES string of the molecule is CCCC1CCCN(C(=O)c2cccc3[nH]ccc23)CC1. The van der Waals surface area contributed by atoms with Crippen molar-refractivity contribution in [1.29, 1.82) is 0 Å². The molecule has 3 rings (SSSR count). The van der Waals surface area contributed by atoms with Gasteiger partial charge < -0.3 is 9.88 Å². The summed E-state index contributed by atoms with van der Waals surface area (Å²) >= 11 is 0. The Morgan fingerprint density at radius 1 is 1.29 bits per heavy atom. The number of H-pyrrole nitrogens is 1. The Morgan fingerprint density at radius 3 is 3.05 bits per heavy atom. The van der Waals surface area contributed by atoms with Crippen LogP contribution in [-0.4, -0.2) is 28.9 Å². The maximum atomic E-state index is 12.8. The molecule has 112 valence electrons. The zero-order valence-corrected chi connectivity index (χ0v) is 12.8. The second-order valence-electron chi connectivity index (χ2n) is 6.12. The third kappa shape index (κ3) is 2.97. The lowest BCUT2D eigenvalue weighted by molar-refractivity contribution is 0.0762. The molecule has 2 heterocycles. The predicted molar refractivity (Wildman–Crippen MR) is 86.5 cm³/mol. The number of fused-ring (bicyclic) bond motifs is 1. The molecule has 0 saturated carbocycles. The Labute approximate surface area is 126 Å². The molecule has 1 unspecified atom stereocenters. The summed E-state index contributed by atoms with van der Waals surface area (Å²) in [6.45, 7) is 4.06. The van der Waals surface area contributed by atoms with E-state index in [1.54, 1.807) is 0 Å². The molecule has 1 fully saturated rings. The highest BCUT2D eigenvalue weighted by molar-refractivity contribution is 6.06. The molecule has 1 saturated heterocycles. The minimum Gasteiger partial charge on any atom is -0.361 e. The molecule has 1 aliphatic heterocycles. The van der Waals surface area contributed by atoms with Gasteiger partial charge in [0.1, 0.15) is 0 Å². The fourth-order valence-corrected chi connectivity index (χ4v) is 3.51. The molecule has 1 aliphatic rings. The number of rotatable bonds is 3. The number of hydrogen-bond acceptors (Lipinski definition) is 1. The molecule has 1 N–H and O–H groups in total. The van der Waals surface area contributed by atoms with Crippen LogP contribution in [-0.2, 0) is 0 Å². The molecule has 1 amide bonds. The van der Waals surface area contributed by atoms with E-state index in [1.807, 2.05) is 30.5 Å². The average molecular weight is 284 g/mol.